The highest BCUT2D eigenvalue weighted by Gasteiger charge is 2.18. The highest BCUT2D eigenvalue weighted by molar-refractivity contribution is 9.10. The lowest BCUT2D eigenvalue weighted by Crippen LogP contribution is -2.23. The number of halogens is 1. The van der Waals surface area contributed by atoms with Gasteiger partial charge in [-0.2, -0.15) is 0 Å². The van der Waals surface area contributed by atoms with Gasteiger partial charge in [0.1, 0.15) is 17.1 Å². The van der Waals surface area contributed by atoms with Gasteiger partial charge in [-0.1, -0.05) is 19.1 Å². The van der Waals surface area contributed by atoms with Crippen molar-refractivity contribution in [1.82, 2.24) is 5.32 Å². The van der Waals surface area contributed by atoms with Crippen molar-refractivity contribution in [2.45, 2.75) is 25.8 Å². The Labute approximate surface area is 132 Å². The Bertz CT molecular complexity index is 703. The minimum atomic E-state index is 0.121. The maximum absolute atomic E-state index is 6.06. The molecule has 1 aromatic carbocycles. The summed E-state index contributed by atoms with van der Waals surface area (Å²) in [6, 6.07) is 12.2. The van der Waals surface area contributed by atoms with Crippen molar-refractivity contribution >= 4 is 26.9 Å². The van der Waals surface area contributed by atoms with Gasteiger partial charge in [0.05, 0.1) is 16.8 Å². The number of para-hydroxylation sites is 1. The van der Waals surface area contributed by atoms with Crippen LogP contribution in [0.5, 0.6) is 0 Å². The molecule has 0 bridgehead atoms. The predicted octanol–water partition coefficient (Wildman–Crippen LogP) is 5.07. The first-order valence-electron chi connectivity index (χ1n) is 7.21. The summed E-state index contributed by atoms with van der Waals surface area (Å²) in [6.07, 6.45) is 3.57. The molecule has 0 aliphatic carbocycles. The average Bonchev–Trinajstić information content (AvgIpc) is 3.13. The summed E-state index contributed by atoms with van der Waals surface area (Å²) >= 11 is 3.54. The standard InChI is InChI=1S/C17H18BrNO2/c1-2-8-19-15(11-13-6-4-9-20-13)16-10-12-5-3-7-14(18)17(12)21-16/h3-7,9-10,15,19H,2,8,11H2,1H3. The van der Waals surface area contributed by atoms with Crippen LogP contribution in [0, 0.1) is 0 Å². The molecule has 1 atom stereocenters. The molecule has 1 N–H and O–H groups in total. The summed E-state index contributed by atoms with van der Waals surface area (Å²) in [5, 5.41) is 4.65. The minimum Gasteiger partial charge on any atom is -0.469 e. The van der Waals surface area contributed by atoms with Crippen LogP contribution >= 0.6 is 15.9 Å². The molecule has 0 fully saturated rings. The van der Waals surface area contributed by atoms with Crippen molar-refractivity contribution in [3.05, 3.63) is 58.7 Å². The molecule has 1 unspecified atom stereocenters. The third kappa shape index (κ3) is 3.22. The molecule has 0 saturated heterocycles. The Balaban J connectivity index is 1.91. The predicted molar refractivity (Wildman–Crippen MR) is 87.4 cm³/mol. The maximum atomic E-state index is 6.06. The molecule has 4 heteroatoms. The van der Waals surface area contributed by atoms with Crippen LogP contribution in [0.3, 0.4) is 0 Å². The van der Waals surface area contributed by atoms with E-state index in [9.17, 15) is 0 Å². The molecule has 0 radical (unpaired) electrons. The number of fused-ring (bicyclic) bond motifs is 1. The van der Waals surface area contributed by atoms with Gasteiger partial charge in [0, 0.05) is 11.8 Å². The smallest absolute Gasteiger partial charge is 0.148 e. The summed E-state index contributed by atoms with van der Waals surface area (Å²) in [5.41, 5.74) is 0.898. The zero-order valence-electron chi connectivity index (χ0n) is 11.9. The molecule has 3 aromatic rings. The van der Waals surface area contributed by atoms with Crippen LogP contribution < -0.4 is 5.32 Å². The Morgan fingerprint density at radius 3 is 2.86 bits per heavy atom. The Kier molecular flexibility index (Phi) is 4.46. The zero-order valence-corrected chi connectivity index (χ0v) is 13.5. The average molecular weight is 348 g/mol. The molecule has 0 spiro atoms. The van der Waals surface area contributed by atoms with Crippen molar-refractivity contribution in [2.75, 3.05) is 6.54 Å². The van der Waals surface area contributed by atoms with Gasteiger partial charge in [0.15, 0.2) is 0 Å². The quantitative estimate of drug-likeness (QED) is 0.676. The van der Waals surface area contributed by atoms with E-state index in [2.05, 4.69) is 40.3 Å². The van der Waals surface area contributed by atoms with E-state index in [0.717, 1.165) is 46.3 Å². The van der Waals surface area contributed by atoms with Gasteiger partial charge in [0.2, 0.25) is 0 Å². The zero-order chi connectivity index (χ0) is 14.7. The van der Waals surface area contributed by atoms with Crippen molar-refractivity contribution in [3.63, 3.8) is 0 Å². The maximum Gasteiger partial charge on any atom is 0.148 e. The third-order valence-electron chi connectivity index (χ3n) is 3.48. The van der Waals surface area contributed by atoms with Crippen LogP contribution in [0.15, 0.2) is 56.0 Å². The fourth-order valence-electron chi connectivity index (χ4n) is 2.44. The summed E-state index contributed by atoms with van der Waals surface area (Å²) < 4.78 is 12.5. The van der Waals surface area contributed by atoms with E-state index in [4.69, 9.17) is 8.83 Å². The van der Waals surface area contributed by atoms with Gasteiger partial charge < -0.3 is 14.2 Å². The molecule has 2 heterocycles. The first-order chi connectivity index (χ1) is 10.3. The molecule has 2 aromatic heterocycles. The molecule has 110 valence electrons. The molecule has 21 heavy (non-hydrogen) atoms. The molecule has 3 rings (SSSR count). The third-order valence-corrected chi connectivity index (χ3v) is 4.11. The van der Waals surface area contributed by atoms with Crippen LogP contribution in [-0.2, 0) is 6.42 Å². The van der Waals surface area contributed by atoms with Crippen LogP contribution in [0.4, 0.5) is 0 Å². The van der Waals surface area contributed by atoms with E-state index >= 15 is 0 Å². The summed E-state index contributed by atoms with van der Waals surface area (Å²) in [5.74, 6) is 1.91. The van der Waals surface area contributed by atoms with E-state index in [0.29, 0.717) is 0 Å². The SMILES string of the molecule is CCCNC(Cc1ccco1)c1cc2cccc(Br)c2o1. The van der Waals surface area contributed by atoms with E-state index in [1.165, 1.54) is 0 Å². The van der Waals surface area contributed by atoms with Crippen LogP contribution in [-0.4, -0.2) is 6.54 Å². The van der Waals surface area contributed by atoms with E-state index in [1.807, 2.05) is 24.3 Å². The lowest BCUT2D eigenvalue weighted by molar-refractivity contribution is 0.396. The highest BCUT2D eigenvalue weighted by Crippen LogP contribution is 2.31. The first kappa shape index (κ1) is 14.4. The number of nitrogens with one attached hydrogen (secondary N) is 1. The van der Waals surface area contributed by atoms with E-state index < -0.39 is 0 Å². The summed E-state index contributed by atoms with van der Waals surface area (Å²) in [6.45, 7) is 3.11. The summed E-state index contributed by atoms with van der Waals surface area (Å²) in [7, 11) is 0. The molecular weight excluding hydrogens is 330 g/mol. The Morgan fingerprint density at radius 2 is 2.14 bits per heavy atom. The minimum absolute atomic E-state index is 0.121. The second-order valence-electron chi connectivity index (χ2n) is 5.10. The van der Waals surface area contributed by atoms with Gasteiger partial charge in [-0.25, -0.2) is 0 Å². The number of hydrogen-bond acceptors (Lipinski definition) is 3. The van der Waals surface area contributed by atoms with Gasteiger partial charge in [0.25, 0.3) is 0 Å². The molecule has 0 saturated carbocycles. The van der Waals surface area contributed by atoms with Crippen LogP contribution in [0.1, 0.15) is 30.9 Å². The van der Waals surface area contributed by atoms with E-state index in [-0.39, 0.29) is 6.04 Å². The largest absolute Gasteiger partial charge is 0.469 e. The highest BCUT2D eigenvalue weighted by atomic mass is 79.9. The first-order valence-corrected chi connectivity index (χ1v) is 8.01. The van der Waals surface area contributed by atoms with Gasteiger partial charge in [-0.3, -0.25) is 0 Å². The van der Waals surface area contributed by atoms with Gasteiger partial charge in [-0.15, -0.1) is 0 Å². The molecule has 3 nitrogen and oxygen atoms in total. The monoisotopic (exact) mass is 347 g/mol. The van der Waals surface area contributed by atoms with Crippen molar-refractivity contribution in [3.8, 4) is 0 Å². The number of benzene rings is 1. The molecule has 0 aliphatic rings. The lowest BCUT2D eigenvalue weighted by Gasteiger charge is -2.14. The number of furan rings is 2. The summed E-state index contributed by atoms with van der Waals surface area (Å²) in [4.78, 5) is 0. The lowest BCUT2D eigenvalue weighted by atomic mass is 10.1. The normalized spacial score (nSPS) is 12.9. The van der Waals surface area contributed by atoms with Crippen molar-refractivity contribution in [2.24, 2.45) is 0 Å². The fraction of sp³-hybridized carbons (Fsp3) is 0.294. The topological polar surface area (TPSA) is 38.3 Å². The van der Waals surface area contributed by atoms with Gasteiger partial charge in [-0.05, 0) is 53.2 Å². The molecule has 0 aliphatic heterocycles. The number of hydrogen-bond donors (Lipinski definition) is 1. The molecular formula is C17H18BrNO2. The van der Waals surface area contributed by atoms with Crippen molar-refractivity contribution < 1.29 is 8.83 Å². The Hall–Kier alpha value is -1.52. The number of rotatable bonds is 6. The second-order valence-corrected chi connectivity index (χ2v) is 5.95. The fourth-order valence-corrected chi connectivity index (χ4v) is 2.90. The van der Waals surface area contributed by atoms with Crippen LogP contribution in [0.25, 0.3) is 11.0 Å². The molecule has 0 amide bonds. The van der Waals surface area contributed by atoms with Crippen molar-refractivity contribution in [1.29, 1.82) is 0 Å². The second kappa shape index (κ2) is 6.50. The van der Waals surface area contributed by atoms with E-state index in [1.54, 1.807) is 6.26 Å². The van der Waals surface area contributed by atoms with Gasteiger partial charge >= 0.3 is 0 Å². The van der Waals surface area contributed by atoms with Crippen LogP contribution in [0.2, 0.25) is 0 Å². The Morgan fingerprint density at radius 1 is 1.24 bits per heavy atom.